The average molecular weight is 559 g/mol. The van der Waals surface area contributed by atoms with Crippen molar-refractivity contribution in [3.05, 3.63) is 113 Å². The molecule has 0 unspecified atom stereocenters. The summed E-state index contributed by atoms with van der Waals surface area (Å²) in [6.45, 7) is 3.65. The van der Waals surface area contributed by atoms with Crippen LogP contribution in [0, 0.1) is 10.1 Å². The van der Waals surface area contributed by atoms with Crippen molar-refractivity contribution in [1.82, 2.24) is 4.57 Å². The minimum atomic E-state index is -0.729. The number of nitrogens with zero attached hydrogens (tertiary/aromatic N) is 4. The highest BCUT2D eigenvalue weighted by molar-refractivity contribution is 7.07. The smallest absolute Gasteiger partial charge is 0.338 e. The van der Waals surface area contributed by atoms with Gasteiger partial charge in [-0.05, 0) is 49.7 Å². The van der Waals surface area contributed by atoms with Gasteiger partial charge in [-0.1, -0.05) is 35.6 Å². The van der Waals surface area contributed by atoms with Gasteiger partial charge in [0.2, 0.25) is 0 Å². The molecular weight excluding hydrogens is 532 g/mol. The number of para-hydroxylation sites is 1. The Labute approximate surface area is 232 Å². The van der Waals surface area contributed by atoms with Crippen molar-refractivity contribution in [2.45, 2.75) is 19.9 Å². The number of carbonyl (C=O) groups is 1. The zero-order valence-corrected chi connectivity index (χ0v) is 23.1. The quantitative estimate of drug-likeness (QED) is 0.191. The van der Waals surface area contributed by atoms with Crippen LogP contribution in [0.4, 0.5) is 11.4 Å². The minimum absolute atomic E-state index is 0.0787. The van der Waals surface area contributed by atoms with Gasteiger partial charge in [-0.3, -0.25) is 19.5 Å². The molecule has 0 bridgehead atoms. The second-order valence-electron chi connectivity index (χ2n) is 9.26. The predicted octanol–water partition coefficient (Wildman–Crippen LogP) is 4.03. The molecule has 0 aliphatic carbocycles. The van der Waals surface area contributed by atoms with Crippen LogP contribution in [0.2, 0.25) is 0 Å². The predicted molar refractivity (Wildman–Crippen MR) is 152 cm³/mol. The van der Waals surface area contributed by atoms with Crippen molar-refractivity contribution in [2.24, 2.45) is 4.99 Å². The van der Waals surface area contributed by atoms with Crippen molar-refractivity contribution in [1.29, 1.82) is 0 Å². The molecule has 40 heavy (non-hydrogen) atoms. The fraction of sp³-hybridized carbons (Fsp3) is 0.207. The number of carbonyl (C=O) groups excluding carboxylic acids is 1. The highest BCUT2D eigenvalue weighted by Crippen LogP contribution is 2.32. The highest BCUT2D eigenvalue weighted by Gasteiger charge is 2.33. The van der Waals surface area contributed by atoms with Gasteiger partial charge in [-0.2, -0.15) is 0 Å². The Bertz CT molecular complexity index is 1830. The van der Waals surface area contributed by atoms with E-state index >= 15 is 0 Å². The average Bonchev–Trinajstić information content (AvgIpc) is 3.52. The van der Waals surface area contributed by atoms with Gasteiger partial charge in [0.05, 0.1) is 38.9 Å². The fourth-order valence-electron chi connectivity index (χ4n) is 4.61. The van der Waals surface area contributed by atoms with E-state index in [1.54, 1.807) is 50.3 Å². The SMILES string of the molecule is CCOC(=O)C1=C(C)N=c2s/c(=C/c3ccc(-c4ccccc4[N+](=O)[O-])o3)c(=O)n2[C@H]1c1ccc(N(C)C)cc1. The van der Waals surface area contributed by atoms with Crippen molar-refractivity contribution in [3.8, 4) is 11.3 Å². The molecule has 2 aromatic carbocycles. The molecule has 0 saturated heterocycles. The van der Waals surface area contributed by atoms with E-state index in [-0.39, 0.29) is 17.9 Å². The zero-order valence-electron chi connectivity index (χ0n) is 22.3. The Morgan fingerprint density at radius 1 is 1.18 bits per heavy atom. The van der Waals surface area contributed by atoms with E-state index in [1.165, 1.54) is 22.0 Å². The molecule has 0 saturated carbocycles. The third-order valence-electron chi connectivity index (χ3n) is 6.51. The monoisotopic (exact) mass is 558 g/mol. The van der Waals surface area contributed by atoms with E-state index in [0.29, 0.717) is 37.7 Å². The number of aromatic nitrogens is 1. The number of furan rings is 1. The Balaban J connectivity index is 1.63. The van der Waals surface area contributed by atoms with Crippen LogP contribution in [-0.2, 0) is 9.53 Å². The molecule has 0 fully saturated rings. The maximum absolute atomic E-state index is 13.8. The number of fused-ring (bicyclic) bond motifs is 1. The summed E-state index contributed by atoms with van der Waals surface area (Å²) < 4.78 is 13.1. The number of rotatable bonds is 7. The lowest BCUT2D eigenvalue weighted by Crippen LogP contribution is -2.39. The summed E-state index contributed by atoms with van der Waals surface area (Å²) in [6, 6.07) is 16.5. The lowest BCUT2D eigenvalue weighted by atomic mass is 9.95. The Morgan fingerprint density at radius 3 is 2.58 bits per heavy atom. The first-order chi connectivity index (χ1) is 19.2. The van der Waals surface area contributed by atoms with Crippen LogP contribution in [0.5, 0.6) is 0 Å². The number of esters is 1. The number of allylic oxidation sites excluding steroid dienone is 1. The second-order valence-corrected chi connectivity index (χ2v) is 10.3. The van der Waals surface area contributed by atoms with Crippen LogP contribution in [-0.4, -0.2) is 36.2 Å². The van der Waals surface area contributed by atoms with Gasteiger partial charge in [0.1, 0.15) is 11.5 Å². The first-order valence-corrected chi connectivity index (χ1v) is 13.3. The lowest BCUT2D eigenvalue weighted by Gasteiger charge is -2.25. The summed E-state index contributed by atoms with van der Waals surface area (Å²) >= 11 is 1.17. The van der Waals surface area contributed by atoms with Crippen LogP contribution < -0.4 is 19.8 Å². The Kier molecular flexibility index (Phi) is 7.22. The molecule has 5 rings (SSSR count). The van der Waals surface area contributed by atoms with Crippen molar-refractivity contribution in [2.75, 3.05) is 25.6 Å². The molecule has 11 heteroatoms. The molecule has 0 spiro atoms. The molecule has 10 nitrogen and oxygen atoms in total. The first kappa shape index (κ1) is 26.8. The molecular formula is C29H26N4O6S. The van der Waals surface area contributed by atoms with Gasteiger partial charge in [0.15, 0.2) is 4.80 Å². The van der Waals surface area contributed by atoms with Gasteiger partial charge in [-0.25, -0.2) is 9.79 Å². The number of nitro groups is 1. The van der Waals surface area contributed by atoms with Gasteiger partial charge < -0.3 is 14.1 Å². The lowest BCUT2D eigenvalue weighted by molar-refractivity contribution is -0.384. The maximum Gasteiger partial charge on any atom is 0.338 e. The normalized spacial score (nSPS) is 15.0. The molecule has 1 atom stereocenters. The van der Waals surface area contributed by atoms with Gasteiger partial charge in [0.25, 0.3) is 11.2 Å². The van der Waals surface area contributed by atoms with Gasteiger partial charge >= 0.3 is 5.97 Å². The molecule has 0 N–H and O–H groups in total. The van der Waals surface area contributed by atoms with Crippen LogP contribution in [0.1, 0.15) is 31.2 Å². The van der Waals surface area contributed by atoms with Crippen LogP contribution >= 0.6 is 11.3 Å². The number of hydrogen-bond donors (Lipinski definition) is 0. The number of hydrogen-bond acceptors (Lipinski definition) is 9. The van der Waals surface area contributed by atoms with Crippen LogP contribution in [0.25, 0.3) is 17.4 Å². The minimum Gasteiger partial charge on any atom is -0.463 e. The summed E-state index contributed by atoms with van der Waals surface area (Å²) in [7, 11) is 3.87. The van der Waals surface area contributed by atoms with E-state index in [0.717, 1.165) is 11.3 Å². The van der Waals surface area contributed by atoms with Crippen molar-refractivity contribution >= 4 is 34.8 Å². The van der Waals surface area contributed by atoms with Crippen LogP contribution in [0.15, 0.2) is 86.1 Å². The Hall–Kier alpha value is -4.77. The number of thiazole rings is 1. The summed E-state index contributed by atoms with van der Waals surface area (Å²) in [5.74, 6) is 0.136. The fourth-order valence-corrected chi connectivity index (χ4v) is 5.63. The molecule has 0 amide bonds. The number of benzene rings is 2. The molecule has 0 radical (unpaired) electrons. The second kappa shape index (κ2) is 10.8. The zero-order chi connectivity index (χ0) is 28.6. The molecule has 1 aliphatic heterocycles. The van der Waals surface area contributed by atoms with Crippen LogP contribution in [0.3, 0.4) is 0 Å². The summed E-state index contributed by atoms with van der Waals surface area (Å²) in [4.78, 5) is 44.8. The molecule has 204 valence electrons. The summed E-state index contributed by atoms with van der Waals surface area (Å²) in [6.07, 6.45) is 1.58. The maximum atomic E-state index is 13.8. The van der Waals surface area contributed by atoms with E-state index < -0.39 is 16.9 Å². The molecule has 1 aliphatic rings. The largest absolute Gasteiger partial charge is 0.463 e. The highest BCUT2D eigenvalue weighted by atomic mass is 32.1. The number of nitro benzene ring substituents is 1. The van der Waals surface area contributed by atoms with Crippen molar-refractivity contribution in [3.63, 3.8) is 0 Å². The number of ether oxygens (including phenoxy) is 1. The first-order valence-electron chi connectivity index (χ1n) is 12.5. The third-order valence-corrected chi connectivity index (χ3v) is 7.49. The molecule has 2 aromatic heterocycles. The van der Waals surface area contributed by atoms with E-state index in [9.17, 15) is 19.7 Å². The molecule has 4 aromatic rings. The van der Waals surface area contributed by atoms with Gasteiger partial charge in [0, 0.05) is 31.9 Å². The molecule has 3 heterocycles. The number of anilines is 1. The Morgan fingerprint density at radius 2 is 1.90 bits per heavy atom. The summed E-state index contributed by atoms with van der Waals surface area (Å²) in [5.41, 5.74) is 2.41. The third kappa shape index (κ3) is 4.87. The van der Waals surface area contributed by atoms with E-state index in [1.807, 2.05) is 43.3 Å². The summed E-state index contributed by atoms with van der Waals surface area (Å²) in [5, 5.41) is 11.5. The van der Waals surface area contributed by atoms with E-state index in [2.05, 4.69) is 4.99 Å². The topological polar surface area (TPSA) is 120 Å². The van der Waals surface area contributed by atoms with Crippen molar-refractivity contribution < 1.29 is 18.9 Å². The van der Waals surface area contributed by atoms with Gasteiger partial charge in [-0.15, -0.1) is 0 Å². The standard InChI is InChI=1S/C29H26N4O6S/c1-5-38-28(35)25-17(2)30-29-32(26(25)18-10-12-19(13-11-18)31(3)4)27(34)24(40-29)16-20-14-15-23(39-20)21-8-6-7-9-22(21)33(36)37/h6-16,26H,5H2,1-4H3/b24-16+/t26-/m0/s1. The van der Waals surface area contributed by atoms with E-state index in [4.69, 9.17) is 9.15 Å².